The SMILES string of the molecule is Cc1nnc(NS(=O)(=O)c2ccc(NC(=O)CSc3nc(-c4ccccc4)cc(-c4ccccc4)c3C#N)cc2)s1. The van der Waals surface area contributed by atoms with E-state index in [9.17, 15) is 18.5 Å². The van der Waals surface area contributed by atoms with Crippen molar-refractivity contribution in [2.75, 3.05) is 15.8 Å². The first kappa shape index (κ1) is 28.0. The zero-order valence-corrected chi connectivity index (χ0v) is 24.1. The summed E-state index contributed by atoms with van der Waals surface area (Å²) < 4.78 is 27.6. The third-order valence-electron chi connectivity index (χ3n) is 5.79. The van der Waals surface area contributed by atoms with Gasteiger partial charge in [0.2, 0.25) is 11.0 Å². The molecule has 5 rings (SSSR count). The molecule has 2 N–H and O–H groups in total. The molecule has 0 fully saturated rings. The normalized spacial score (nSPS) is 11.0. The Morgan fingerprint density at radius 1 is 0.951 bits per heavy atom. The molecule has 2 heterocycles. The Morgan fingerprint density at radius 3 is 2.22 bits per heavy atom. The minimum absolute atomic E-state index is 0.00778. The topological polar surface area (TPSA) is 138 Å². The number of sulfonamides is 1. The van der Waals surface area contributed by atoms with Crippen LogP contribution in [-0.2, 0) is 14.8 Å². The maximum atomic E-state index is 12.8. The Bertz CT molecular complexity index is 1840. The number of nitrogens with zero attached hydrogens (tertiary/aromatic N) is 4. The molecular weight excluding hydrogens is 577 g/mol. The fraction of sp³-hybridized carbons (Fsp3) is 0.0690. The van der Waals surface area contributed by atoms with Gasteiger partial charge in [-0.3, -0.25) is 9.52 Å². The van der Waals surface area contributed by atoms with Gasteiger partial charge >= 0.3 is 0 Å². The summed E-state index contributed by atoms with van der Waals surface area (Å²) in [5.41, 5.74) is 4.02. The van der Waals surface area contributed by atoms with Crippen LogP contribution in [-0.4, -0.2) is 35.3 Å². The molecule has 5 aromatic rings. The van der Waals surface area contributed by atoms with Crippen LogP contribution in [0.5, 0.6) is 0 Å². The predicted molar refractivity (Wildman–Crippen MR) is 161 cm³/mol. The van der Waals surface area contributed by atoms with Crippen LogP contribution in [0.3, 0.4) is 0 Å². The number of anilines is 2. The number of thioether (sulfide) groups is 1. The highest BCUT2D eigenvalue weighted by Gasteiger charge is 2.18. The van der Waals surface area contributed by atoms with Gasteiger partial charge < -0.3 is 5.32 Å². The standard InChI is InChI=1S/C29H22N6O3S3/c1-19-33-34-29(40-19)35-41(37,38)23-14-12-22(13-15-23)31-27(36)18-39-28-25(17-30)24(20-8-4-2-5-9-20)16-26(32-28)21-10-6-3-7-11-21/h2-16H,18H2,1H3,(H,31,36)(H,34,35). The Hall–Kier alpha value is -4.57. The molecule has 9 nitrogen and oxygen atoms in total. The number of carbonyl (C=O) groups excluding carboxylic acids is 1. The largest absolute Gasteiger partial charge is 0.325 e. The van der Waals surface area contributed by atoms with Crippen LogP contribution in [0, 0.1) is 18.3 Å². The summed E-state index contributed by atoms with van der Waals surface area (Å²) >= 11 is 2.29. The smallest absolute Gasteiger partial charge is 0.263 e. The van der Waals surface area contributed by atoms with Crippen molar-refractivity contribution >= 4 is 49.8 Å². The summed E-state index contributed by atoms with van der Waals surface area (Å²) in [6.07, 6.45) is 0. The van der Waals surface area contributed by atoms with Gasteiger partial charge in [-0.1, -0.05) is 83.8 Å². The monoisotopic (exact) mass is 598 g/mol. The lowest BCUT2D eigenvalue weighted by Gasteiger charge is -2.13. The van der Waals surface area contributed by atoms with E-state index in [0.717, 1.165) is 39.8 Å². The number of aromatic nitrogens is 3. The second-order valence-electron chi connectivity index (χ2n) is 8.67. The van der Waals surface area contributed by atoms with Crippen molar-refractivity contribution in [1.29, 1.82) is 5.26 Å². The van der Waals surface area contributed by atoms with Crippen LogP contribution in [0.25, 0.3) is 22.4 Å². The van der Waals surface area contributed by atoms with Gasteiger partial charge in [-0.05, 0) is 42.8 Å². The Labute approximate surface area is 245 Å². The van der Waals surface area contributed by atoms with E-state index in [-0.39, 0.29) is 21.7 Å². The Morgan fingerprint density at radius 2 is 1.61 bits per heavy atom. The summed E-state index contributed by atoms with van der Waals surface area (Å²) in [6.45, 7) is 1.73. The Balaban J connectivity index is 1.32. The van der Waals surface area contributed by atoms with E-state index in [1.165, 1.54) is 24.3 Å². The van der Waals surface area contributed by atoms with E-state index in [1.807, 2.05) is 66.7 Å². The Kier molecular flexibility index (Phi) is 8.39. The van der Waals surface area contributed by atoms with E-state index in [4.69, 9.17) is 4.98 Å². The molecule has 0 bridgehead atoms. The first-order valence-electron chi connectivity index (χ1n) is 12.2. The van der Waals surface area contributed by atoms with Crippen LogP contribution in [0.1, 0.15) is 10.6 Å². The molecule has 12 heteroatoms. The summed E-state index contributed by atoms with van der Waals surface area (Å²) in [6, 6.07) is 29.2. The third-order valence-corrected chi connectivity index (χ3v) is 9.00. The van der Waals surface area contributed by atoms with Gasteiger partial charge in [0.1, 0.15) is 16.1 Å². The summed E-state index contributed by atoms with van der Waals surface area (Å²) in [5.74, 6) is -0.336. The number of rotatable bonds is 9. The summed E-state index contributed by atoms with van der Waals surface area (Å²) in [4.78, 5) is 17.6. The lowest BCUT2D eigenvalue weighted by atomic mass is 9.99. The van der Waals surface area contributed by atoms with Gasteiger partial charge in [0.05, 0.1) is 21.9 Å². The fourth-order valence-corrected chi connectivity index (χ4v) is 6.52. The van der Waals surface area contributed by atoms with Crippen molar-refractivity contribution in [2.24, 2.45) is 0 Å². The number of nitrogens with one attached hydrogen (secondary N) is 2. The molecule has 41 heavy (non-hydrogen) atoms. The van der Waals surface area contributed by atoms with Crippen LogP contribution >= 0.6 is 23.1 Å². The first-order valence-corrected chi connectivity index (χ1v) is 15.5. The highest BCUT2D eigenvalue weighted by Crippen LogP contribution is 2.34. The second kappa shape index (κ2) is 12.3. The molecule has 204 valence electrons. The van der Waals surface area contributed by atoms with Crippen molar-refractivity contribution in [3.8, 4) is 28.5 Å². The zero-order chi connectivity index (χ0) is 28.8. The number of amides is 1. The van der Waals surface area contributed by atoms with Gasteiger partial charge in [0.15, 0.2) is 0 Å². The molecule has 3 aromatic carbocycles. The molecule has 0 spiro atoms. The van der Waals surface area contributed by atoms with E-state index in [1.54, 1.807) is 6.92 Å². The predicted octanol–water partition coefficient (Wildman–Crippen LogP) is 5.98. The maximum Gasteiger partial charge on any atom is 0.263 e. The zero-order valence-electron chi connectivity index (χ0n) is 21.6. The lowest BCUT2D eigenvalue weighted by molar-refractivity contribution is -0.113. The van der Waals surface area contributed by atoms with Gasteiger partial charge in [-0.25, -0.2) is 13.4 Å². The first-order chi connectivity index (χ1) is 19.8. The van der Waals surface area contributed by atoms with Gasteiger partial charge in [0, 0.05) is 16.8 Å². The number of carbonyl (C=O) groups is 1. The quantitative estimate of drug-likeness (QED) is 0.198. The third kappa shape index (κ3) is 6.78. The molecule has 0 saturated carbocycles. The van der Waals surface area contributed by atoms with Crippen molar-refractivity contribution in [2.45, 2.75) is 16.8 Å². The van der Waals surface area contributed by atoms with Crippen LogP contribution in [0.2, 0.25) is 0 Å². The van der Waals surface area contributed by atoms with Crippen LogP contribution in [0.15, 0.2) is 101 Å². The molecule has 2 aromatic heterocycles. The number of nitriles is 1. The molecule has 0 radical (unpaired) electrons. The second-order valence-corrected chi connectivity index (χ2v) is 12.5. The summed E-state index contributed by atoms with van der Waals surface area (Å²) in [5, 5.41) is 21.7. The van der Waals surface area contributed by atoms with Crippen LogP contribution in [0.4, 0.5) is 10.8 Å². The van der Waals surface area contributed by atoms with E-state index < -0.39 is 10.0 Å². The number of hydrogen-bond donors (Lipinski definition) is 2. The van der Waals surface area contributed by atoms with Crippen molar-refractivity contribution in [3.63, 3.8) is 0 Å². The minimum atomic E-state index is -3.85. The molecule has 0 aliphatic heterocycles. The number of aryl methyl sites for hydroxylation is 1. The van der Waals surface area contributed by atoms with E-state index >= 15 is 0 Å². The van der Waals surface area contributed by atoms with Gasteiger partial charge in [-0.15, -0.1) is 10.2 Å². The van der Waals surface area contributed by atoms with Crippen molar-refractivity contribution in [3.05, 3.63) is 102 Å². The molecule has 0 unspecified atom stereocenters. The number of benzene rings is 3. The number of hydrogen-bond acceptors (Lipinski definition) is 9. The molecule has 1 amide bonds. The molecule has 0 aliphatic rings. The highest BCUT2D eigenvalue weighted by atomic mass is 32.2. The van der Waals surface area contributed by atoms with Gasteiger partial charge in [-0.2, -0.15) is 5.26 Å². The van der Waals surface area contributed by atoms with Crippen molar-refractivity contribution < 1.29 is 13.2 Å². The molecule has 0 atom stereocenters. The van der Waals surface area contributed by atoms with E-state index in [2.05, 4.69) is 26.3 Å². The maximum absolute atomic E-state index is 12.8. The molecule has 0 saturated heterocycles. The lowest BCUT2D eigenvalue weighted by Crippen LogP contribution is -2.15. The fourth-order valence-electron chi connectivity index (χ4n) is 3.90. The minimum Gasteiger partial charge on any atom is -0.325 e. The molecule has 0 aliphatic carbocycles. The highest BCUT2D eigenvalue weighted by molar-refractivity contribution is 8.00. The molecular formula is C29H22N6O3S3. The van der Waals surface area contributed by atoms with Crippen LogP contribution < -0.4 is 10.0 Å². The van der Waals surface area contributed by atoms with Gasteiger partial charge in [0.25, 0.3) is 10.0 Å². The van der Waals surface area contributed by atoms with E-state index in [0.29, 0.717) is 27.0 Å². The summed E-state index contributed by atoms with van der Waals surface area (Å²) in [7, 11) is -3.85. The van der Waals surface area contributed by atoms with Crippen molar-refractivity contribution in [1.82, 2.24) is 15.2 Å². The average molecular weight is 599 g/mol. The number of pyridine rings is 1. The average Bonchev–Trinajstić information content (AvgIpc) is 3.40.